The number of aryl methyl sites for hydroxylation is 3. The van der Waals surface area contributed by atoms with Gasteiger partial charge in [0.1, 0.15) is 5.69 Å². The number of nitrogens with one attached hydrogen (secondary N) is 1. The first-order valence-corrected chi connectivity index (χ1v) is 6.68. The molecule has 0 saturated heterocycles. The molecule has 0 saturated carbocycles. The second-order valence-corrected chi connectivity index (χ2v) is 5.36. The van der Waals surface area contributed by atoms with Gasteiger partial charge in [-0.05, 0) is 29.8 Å². The van der Waals surface area contributed by atoms with Gasteiger partial charge < -0.3 is 5.32 Å². The second kappa shape index (κ2) is 5.16. The molecule has 1 unspecified atom stereocenters. The zero-order valence-electron chi connectivity index (χ0n) is 11.3. The van der Waals surface area contributed by atoms with Crippen molar-refractivity contribution in [1.29, 1.82) is 0 Å². The van der Waals surface area contributed by atoms with Crippen molar-refractivity contribution in [3.05, 3.63) is 33.8 Å². The smallest absolute Gasteiger partial charge is 0.271 e. The van der Waals surface area contributed by atoms with Crippen LogP contribution in [0, 0.1) is 6.92 Å². The third-order valence-electron chi connectivity index (χ3n) is 2.97. The summed E-state index contributed by atoms with van der Waals surface area (Å²) < 4.78 is 3.97. The van der Waals surface area contributed by atoms with E-state index in [1.807, 2.05) is 27.1 Å². The maximum absolute atomic E-state index is 12.2. The lowest BCUT2D eigenvalue weighted by Crippen LogP contribution is -2.28. The second-order valence-electron chi connectivity index (χ2n) is 4.50. The molecule has 0 radical (unpaired) electrons. The van der Waals surface area contributed by atoms with Crippen LogP contribution in [0.1, 0.15) is 34.7 Å². The van der Waals surface area contributed by atoms with E-state index in [2.05, 4.69) is 31.4 Å². The normalized spacial score (nSPS) is 12.5. The van der Waals surface area contributed by atoms with Gasteiger partial charge in [-0.1, -0.05) is 0 Å². The summed E-state index contributed by atoms with van der Waals surface area (Å²) in [4.78, 5) is 12.2. The van der Waals surface area contributed by atoms with Crippen molar-refractivity contribution < 1.29 is 4.79 Å². The number of rotatable bonds is 3. The van der Waals surface area contributed by atoms with E-state index in [0.717, 1.165) is 11.3 Å². The van der Waals surface area contributed by atoms with Crippen LogP contribution in [-0.2, 0) is 14.1 Å². The summed E-state index contributed by atoms with van der Waals surface area (Å²) >= 11 is 3.32. The first-order chi connectivity index (χ1) is 8.90. The van der Waals surface area contributed by atoms with Crippen LogP contribution in [0.3, 0.4) is 0 Å². The monoisotopic (exact) mass is 325 g/mol. The van der Waals surface area contributed by atoms with Crippen LogP contribution < -0.4 is 5.32 Å². The fourth-order valence-corrected chi connectivity index (χ4v) is 2.58. The Kier molecular flexibility index (Phi) is 3.75. The van der Waals surface area contributed by atoms with Crippen LogP contribution in [0.15, 0.2) is 16.9 Å². The number of nitrogens with zero attached hydrogens (tertiary/aromatic N) is 4. The fraction of sp³-hybridized carbons (Fsp3) is 0.417. The minimum Gasteiger partial charge on any atom is -0.344 e. The van der Waals surface area contributed by atoms with Crippen LogP contribution in [0.5, 0.6) is 0 Å². The fourth-order valence-electron chi connectivity index (χ4n) is 2.05. The summed E-state index contributed by atoms with van der Waals surface area (Å²) in [5.74, 6) is -0.164. The van der Waals surface area contributed by atoms with Gasteiger partial charge >= 0.3 is 0 Å². The Hall–Kier alpha value is -1.63. The zero-order chi connectivity index (χ0) is 14.2. The summed E-state index contributed by atoms with van der Waals surface area (Å²) in [6.45, 7) is 3.87. The van der Waals surface area contributed by atoms with E-state index in [1.54, 1.807) is 22.6 Å². The average molecular weight is 326 g/mol. The molecular formula is C12H16BrN5O. The van der Waals surface area contributed by atoms with E-state index in [-0.39, 0.29) is 11.9 Å². The first-order valence-electron chi connectivity index (χ1n) is 5.88. The lowest BCUT2D eigenvalue weighted by molar-refractivity contribution is 0.0929. The molecule has 0 fully saturated rings. The van der Waals surface area contributed by atoms with Gasteiger partial charge in [0.25, 0.3) is 5.91 Å². The SMILES string of the molecule is Cc1nn(C)cc1C(C)NC(=O)c1c(Br)cnn1C. The Labute approximate surface area is 119 Å². The molecule has 6 nitrogen and oxygen atoms in total. The molecule has 0 aliphatic heterocycles. The van der Waals surface area contributed by atoms with Gasteiger partial charge in [0.2, 0.25) is 0 Å². The number of halogens is 1. The van der Waals surface area contributed by atoms with E-state index in [1.165, 1.54) is 0 Å². The first kappa shape index (κ1) is 13.8. The van der Waals surface area contributed by atoms with Gasteiger partial charge in [0.05, 0.1) is 22.4 Å². The molecule has 1 N–H and O–H groups in total. The van der Waals surface area contributed by atoms with Crippen molar-refractivity contribution in [2.75, 3.05) is 0 Å². The average Bonchev–Trinajstić information content (AvgIpc) is 2.81. The maximum Gasteiger partial charge on any atom is 0.271 e. The summed E-state index contributed by atoms with van der Waals surface area (Å²) in [6.07, 6.45) is 3.52. The minimum absolute atomic E-state index is 0.108. The highest BCUT2D eigenvalue weighted by Crippen LogP contribution is 2.19. The van der Waals surface area contributed by atoms with E-state index in [4.69, 9.17) is 0 Å². The molecule has 7 heteroatoms. The molecule has 2 rings (SSSR count). The molecule has 1 amide bonds. The van der Waals surface area contributed by atoms with E-state index < -0.39 is 0 Å². The van der Waals surface area contributed by atoms with Gasteiger partial charge in [0, 0.05) is 25.9 Å². The number of carbonyl (C=O) groups excluding carboxylic acids is 1. The van der Waals surface area contributed by atoms with Gasteiger partial charge in [-0.3, -0.25) is 14.2 Å². The zero-order valence-corrected chi connectivity index (χ0v) is 12.9. The predicted octanol–water partition coefficient (Wildman–Crippen LogP) is 1.72. The molecule has 19 heavy (non-hydrogen) atoms. The Morgan fingerprint density at radius 3 is 2.63 bits per heavy atom. The highest BCUT2D eigenvalue weighted by atomic mass is 79.9. The van der Waals surface area contributed by atoms with E-state index >= 15 is 0 Å². The Bertz CT molecular complexity index is 596. The molecule has 2 aromatic rings. The lowest BCUT2D eigenvalue weighted by Gasteiger charge is -2.13. The highest BCUT2D eigenvalue weighted by molar-refractivity contribution is 9.10. The van der Waals surface area contributed by atoms with Gasteiger partial charge in [-0.15, -0.1) is 0 Å². The Balaban J connectivity index is 2.18. The van der Waals surface area contributed by atoms with Crippen LogP contribution in [0.2, 0.25) is 0 Å². The predicted molar refractivity (Wildman–Crippen MR) is 74.7 cm³/mol. The van der Waals surface area contributed by atoms with Gasteiger partial charge in [-0.2, -0.15) is 10.2 Å². The number of hydrogen-bond acceptors (Lipinski definition) is 3. The molecular weight excluding hydrogens is 310 g/mol. The summed E-state index contributed by atoms with van der Waals surface area (Å²) in [6, 6.07) is -0.108. The molecule has 0 aliphatic carbocycles. The van der Waals surface area contributed by atoms with Crippen LogP contribution in [0.4, 0.5) is 0 Å². The molecule has 2 aromatic heterocycles. The van der Waals surface area contributed by atoms with Crippen LogP contribution in [0.25, 0.3) is 0 Å². The summed E-state index contributed by atoms with van der Waals surface area (Å²) in [5, 5.41) is 11.3. The van der Waals surface area contributed by atoms with Crippen molar-refractivity contribution in [1.82, 2.24) is 24.9 Å². The van der Waals surface area contributed by atoms with Gasteiger partial charge in [-0.25, -0.2) is 0 Å². The summed E-state index contributed by atoms with van der Waals surface area (Å²) in [5.41, 5.74) is 2.43. The van der Waals surface area contributed by atoms with Crippen molar-refractivity contribution in [3.63, 3.8) is 0 Å². The van der Waals surface area contributed by atoms with Crippen LogP contribution >= 0.6 is 15.9 Å². The minimum atomic E-state index is -0.164. The molecule has 0 bridgehead atoms. The van der Waals surface area contributed by atoms with E-state index in [9.17, 15) is 4.79 Å². The lowest BCUT2D eigenvalue weighted by atomic mass is 10.1. The molecule has 102 valence electrons. The molecule has 2 heterocycles. The van der Waals surface area contributed by atoms with Crippen molar-refractivity contribution >= 4 is 21.8 Å². The Morgan fingerprint density at radius 1 is 1.47 bits per heavy atom. The molecule has 1 atom stereocenters. The summed E-state index contributed by atoms with van der Waals surface area (Å²) in [7, 11) is 3.60. The van der Waals surface area contributed by atoms with E-state index in [0.29, 0.717) is 10.2 Å². The van der Waals surface area contributed by atoms with Crippen LogP contribution in [-0.4, -0.2) is 25.5 Å². The number of aromatic nitrogens is 4. The molecule has 0 spiro atoms. The van der Waals surface area contributed by atoms with Gasteiger partial charge in [0.15, 0.2) is 0 Å². The standard InChI is InChI=1S/C12H16BrN5O/c1-7(9-6-17(3)16-8(9)2)15-12(19)11-10(13)5-14-18(11)4/h5-7H,1-4H3,(H,15,19). The quantitative estimate of drug-likeness (QED) is 0.934. The van der Waals surface area contributed by atoms with Crippen molar-refractivity contribution in [2.24, 2.45) is 14.1 Å². The highest BCUT2D eigenvalue weighted by Gasteiger charge is 2.19. The largest absolute Gasteiger partial charge is 0.344 e. The molecule has 0 aromatic carbocycles. The van der Waals surface area contributed by atoms with Crippen molar-refractivity contribution in [3.8, 4) is 0 Å². The number of carbonyl (C=O) groups is 1. The molecule has 0 aliphatic rings. The topological polar surface area (TPSA) is 64.7 Å². The number of amides is 1. The Morgan fingerprint density at radius 2 is 2.16 bits per heavy atom. The van der Waals surface area contributed by atoms with Crippen molar-refractivity contribution in [2.45, 2.75) is 19.9 Å². The third-order valence-corrected chi connectivity index (χ3v) is 3.56. The maximum atomic E-state index is 12.2. The number of hydrogen-bond donors (Lipinski definition) is 1. The third kappa shape index (κ3) is 2.70.